The highest BCUT2D eigenvalue weighted by molar-refractivity contribution is 7.99. The molecule has 0 aliphatic carbocycles. The highest BCUT2D eigenvalue weighted by Gasteiger charge is 2.21. The van der Waals surface area contributed by atoms with Gasteiger partial charge >= 0.3 is 5.97 Å². The number of nitrogens with two attached hydrogens (primary N) is 1. The zero-order chi connectivity index (χ0) is 17.1. The lowest BCUT2D eigenvalue weighted by Crippen LogP contribution is -2.48. The van der Waals surface area contributed by atoms with Gasteiger partial charge in [0.05, 0.1) is 6.04 Å². The van der Waals surface area contributed by atoms with Crippen LogP contribution in [0.15, 0.2) is 30.3 Å². The van der Waals surface area contributed by atoms with Crippen LogP contribution in [0.4, 0.5) is 0 Å². The molecule has 2 atom stereocenters. The molecule has 23 heavy (non-hydrogen) atoms. The van der Waals surface area contributed by atoms with Gasteiger partial charge in [-0.05, 0) is 24.7 Å². The largest absolute Gasteiger partial charge is 0.459 e. The van der Waals surface area contributed by atoms with Gasteiger partial charge in [-0.25, -0.2) is 4.79 Å². The fourth-order valence-corrected chi connectivity index (χ4v) is 2.59. The number of aliphatic hydroxyl groups excluding tert-OH is 1. The number of hydrogen-bond acceptors (Lipinski definition) is 6. The summed E-state index contributed by atoms with van der Waals surface area (Å²) in [6.45, 7) is 1.86. The third-order valence-corrected chi connectivity index (χ3v) is 4.19. The number of carbonyl (C=O) groups is 2. The van der Waals surface area contributed by atoms with Gasteiger partial charge in [0.25, 0.3) is 0 Å². The number of rotatable bonds is 10. The van der Waals surface area contributed by atoms with Crippen molar-refractivity contribution >= 4 is 23.6 Å². The molecule has 1 aromatic carbocycles. The number of amides is 1. The zero-order valence-electron chi connectivity index (χ0n) is 13.2. The van der Waals surface area contributed by atoms with Crippen molar-refractivity contribution in [2.45, 2.75) is 32.0 Å². The van der Waals surface area contributed by atoms with Gasteiger partial charge in [-0.2, -0.15) is 11.8 Å². The molecular weight excluding hydrogens is 316 g/mol. The van der Waals surface area contributed by atoms with E-state index in [-0.39, 0.29) is 19.1 Å². The van der Waals surface area contributed by atoms with E-state index in [9.17, 15) is 9.59 Å². The van der Waals surface area contributed by atoms with Crippen molar-refractivity contribution in [3.8, 4) is 0 Å². The van der Waals surface area contributed by atoms with Crippen LogP contribution in [0.5, 0.6) is 0 Å². The first-order chi connectivity index (χ1) is 11.0. The molecule has 0 unspecified atom stereocenters. The van der Waals surface area contributed by atoms with Gasteiger partial charge in [0.1, 0.15) is 12.6 Å². The monoisotopic (exact) mass is 340 g/mol. The van der Waals surface area contributed by atoms with Crippen LogP contribution in [0, 0.1) is 0 Å². The lowest BCUT2D eigenvalue weighted by atomic mass is 10.2. The summed E-state index contributed by atoms with van der Waals surface area (Å²) < 4.78 is 5.16. The molecule has 1 aromatic rings. The summed E-state index contributed by atoms with van der Waals surface area (Å²) in [6, 6.07) is 7.88. The zero-order valence-corrected chi connectivity index (χ0v) is 14.1. The quantitative estimate of drug-likeness (QED) is 0.428. The topological polar surface area (TPSA) is 102 Å². The smallest absolute Gasteiger partial charge is 0.328 e. The normalized spacial score (nSPS) is 13.2. The molecule has 7 heteroatoms. The van der Waals surface area contributed by atoms with Gasteiger partial charge in [-0.3, -0.25) is 4.79 Å². The van der Waals surface area contributed by atoms with E-state index in [1.807, 2.05) is 30.3 Å². The van der Waals surface area contributed by atoms with Gasteiger partial charge in [0.2, 0.25) is 5.91 Å². The number of aliphatic hydroxyl groups is 1. The number of nitrogens with one attached hydrogen (secondary N) is 1. The van der Waals surface area contributed by atoms with Crippen molar-refractivity contribution in [3.05, 3.63) is 35.9 Å². The highest BCUT2D eigenvalue weighted by atomic mass is 32.2. The first-order valence-electron chi connectivity index (χ1n) is 7.49. The van der Waals surface area contributed by atoms with Crippen molar-refractivity contribution in [2.75, 3.05) is 18.1 Å². The fourth-order valence-electron chi connectivity index (χ4n) is 1.69. The minimum Gasteiger partial charge on any atom is -0.459 e. The molecule has 4 N–H and O–H groups in total. The second-order valence-electron chi connectivity index (χ2n) is 5.08. The number of esters is 1. The molecule has 0 saturated heterocycles. The minimum absolute atomic E-state index is 0.124. The van der Waals surface area contributed by atoms with Gasteiger partial charge in [-0.15, -0.1) is 0 Å². The van der Waals surface area contributed by atoms with E-state index in [1.165, 1.54) is 11.8 Å². The molecule has 0 saturated carbocycles. The molecule has 0 aromatic heterocycles. The van der Waals surface area contributed by atoms with Crippen LogP contribution >= 0.6 is 11.8 Å². The van der Waals surface area contributed by atoms with Crippen LogP contribution < -0.4 is 11.1 Å². The second-order valence-corrected chi connectivity index (χ2v) is 6.23. The number of thioether (sulfide) groups is 1. The summed E-state index contributed by atoms with van der Waals surface area (Å²) in [5.41, 5.74) is 6.65. The highest BCUT2D eigenvalue weighted by Crippen LogP contribution is 2.05. The van der Waals surface area contributed by atoms with Crippen molar-refractivity contribution in [2.24, 2.45) is 5.73 Å². The summed E-state index contributed by atoms with van der Waals surface area (Å²) in [5, 5.41) is 11.2. The van der Waals surface area contributed by atoms with Gasteiger partial charge in [-0.1, -0.05) is 30.3 Å². The molecule has 0 aliphatic rings. The van der Waals surface area contributed by atoms with Crippen molar-refractivity contribution in [3.63, 3.8) is 0 Å². The molecule has 0 bridgehead atoms. The molecule has 0 aliphatic heterocycles. The maximum atomic E-state index is 11.9. The standard InChI is InChI=1S/C16H24N2O4S/c1-12(16(21)22-10-13-6-3-2-4-7-13)18-15(20)14(17)11-23-9-5-8-19/h2-4,6-7,12,14,19H,5,8-11,17H2,1H3,(H,18,20)/t12-,14-/m0/s1. The molecule has 0 heterocycles. The van der Waals surface area contributed by atoms with Crippen LogP contribution in [0.3, 0.4) is 0 Å². The summed E-state index contributed by atoms with van der Waals surface area (Å²) >= 11 is 1.50. The van der Waals surface area contributed by atoms with Crippen molar-refractivity contribution in [1.82, 2.24) is 5.32 Å². The van der Waals surface area contributed by atoms with E-state index in [4.69, 9.17) is 15.6 Å². The van der Waals surface area contributed by atoms with E-state index in [0.717, 1.165) is 11.3 Å². The predicted octanol–water partition coefficient (Wildman–Crippen LogP) is 0.677. The second kappa shape index (κ2) is 11.0. The molecule has 0 spiro atoms. The molecule has 1 rings (SSSR count). The van der Waals surface area contributed by atoms with Crippen molar-refractivity contribution in [1.29, 1.82) is 0 Å². The summed E-state index contributed by atoms with van der Waals surface area (Å²) in [6.07, 6.45) is 0.668. The first-order valence-corrected chi connectivity index (χ1v) is 8.65. The number of ether oxygens (including phenoxy) is 1. The molecule has 0 fully saturated rings. The van der Waals surface area contributed by atoms with E-state index in [0.29, 0.717) is 12.2 Å². The Morgan fingerprint density at radius 3 is 2.70 bits per heavy atom. The van der Waals surface area contributed by atoms with Crippen LogP contribution in [-0.4, -0.2) is 47.2 Å². The maximum Gasteiger partial charge on any atom is 0.328 e. The summed E-state index contributed by atoms with van der Waals surface area (Å²) in [7, 11) is 0. The maximum absolute atomic E-state index is 11.9. The third-order valence-electron chi connectivity index (χ3n) is 3.02. The Hall–Kier alpha value is -1.57. The Bertz CT molecular complexity index is 484. The Morgan fingerprint density at radius 2 is 2.04 bits per heavy atom. The predicted molar refractivity (Wildman–Crippen MR) is 90.8 cm³/mol. The SMILES string of the molecule is C[C@H](NC(=O)[C@@H](N)CSCCCO)C(=O)OCc1ccccc1. The number of carbonyl (C=O) groups excluding carboxylic acids is 2. The molecular formula is C16H24N2O4S. The average molecular weight is 340 g/mol. The van der Waals surface area contributed by atoms with Crippen LogP contribution in [-0.2, 0) is 20.9 Å². The Kier molecular flexibility index (Phi) is 9.35. The molecule has 0 radical (unpaired) electrons. The van der Waals surface area contributed by atoms with Crippen LogP contribution in [0.2, 0.25) is 0 Å². The summed E-state index contributed by atoms with van der Waals surface area (Å²) in [5.74, 6) is 0.303. The van der Waals surface area contributed by atoms with E-state index >= 15 is 0 Å². The number of benzene rings is 1. The Morgan fingerprint density at radius 1 is 1.35 bits per heavy atom. The molecule has 6 nitrogen and oxygen atoms in total. The van der Waals surface area contributed by atoms with E-state index in [1.54, 1.807) is 6.92 Å². The Labute approximate surface area is 140 Å². The number of hydrogen-bond donors (Lipinski definition) is 3. The fraction of sp³-hybridized carbons (Fsp3) is 0.500. The molecule has 128 valence electrons. The minimum atomic E-state index is -0.750. The lowest BCUT2D eigenvalue weighted by molar-refractivity contribution is -0.148. The van der Waals surface area contributed by atoms with E-state index < -0.39 is 18.1 Å². The van der Waals surface area contributed by atoms with Crippen LogP contribution in [0.25, 0.3) is 0 Å². The van der Waals surface area contributed by atoms with Crippen molar-refractivity contribution < 1.29 is 19.4 Å². The first kappa shape index (κ1) is 19.5. The van der Waals surface area contributed by atoms with Gasteiger partial charge in [0, 0.05) is 12.4 Å². The van der Waals surface area contributed by atoms with E-state index in [2.05, 4.69) is 5.32 Å². The average Bonchev–Trinajstić information content (AvgIpc) is 2.57. The van der Waals surface area contributed by atoms with Crippen LogP contribution in [0.1, 0.15) is 18.9 Å². The lowest BCUT2D eigenvalue weighted by Gasteiger charge is -2.16. The van der Waals surface area contributed by atoms with Gasteiger partial charge in [0.15, 0.2) is 0 Å². The third kappa shape index (κ3) is 8.01. The molecule has 1 amide bonds. The summed E-state index contributed by atoms with van der Waals surface area (Å²) in [4.78, 5) is 23.8. The van der Waals surface area contributed by atoms with Gasteiger partial charge < -0.3 is 20.9 Å². The Balaban J connectivity index is 2.28.